The monoisotopic (exact) mass is 174 g/mol. The molecule has 2 N–H and O–H groups in total. The van der Waals surface area contributed by atoms with E-state index in [2.05, 4.69) is 33.1 Å². The van der Waals surface area contributed by atoms with Crippen LogP contribution in [0.5, 0.6) is 0 Å². The van der Waals surface area contributed by atoms with E-state index in [1.807, 2.05) is 0 Å². The van der Waals surface area contributed by atoms with Crippen LogP contribution in [-0.4, -0.2) is 31.4 Å². The maximum atomic E-state index is 5.28. The van der Waals surface area contributed by atoms with Crippen molar-refractivity contribution in [2.75, 3.05) is 11.6 Å². The number of hydrogen-bond donors (Lipinski definition) is 1. The number of tetrazole rings is 1. The Morgan fingerprint density at radius 3 is 3.10 bits per heavy atom. The van der Waals surface area contributed by atoms with Crippen LogP contribution in [0.25, 0.3) is 0 Å². The van der Waals surface area contributed by atoms with Crippen LogP contribution in [-0.2, 0) is 0 Å². The third-order valence-corrected chi connectivity index (χ3v) is 1.87. The molecule has 1 heterocycles. The van der Waals surface area contributed by atoms with Gasteiger partial charge in [-0.05, 0) is 10.4 Å². The zero-order chi connectivity index (χ0) is 7.40. The molecule has 7 heteroatoms. The Labute approximate surface area is 66.9 Å². The molecule has 0 aliphatic rings. The molecular weight excluding hydrogens is 170 g/mol. The van der Waals surface area contributed by atoms with Gasteiger partial charge in [0.25, 0.3) is 0 Å². The first-order valence-corrected chi connectivity index (χ1v) is 3.75. The summed E-state index contributed by atoms with van der Waals surface area (Å²) in [5, 5.41) is 13.4. The minimum absolute atomic E-state index is 0.539. The minimum atomic E-state index is 0.539. The van der Waals surface area contributed by atoms with Crippen molar-refractivity contribution in [3.8, 4) is 0 Å². The highest BCUT2D eigenvalue weighted by molar-refractivity contribution is 8.00. The predicted octanol–water partition coefficient (Wildman–Crippen LogP) is -0.644. The van der Waals surface area contributed by atoms with E-state index in [0.29, 0.717) is 10.9 Å². The molecule has 1 aromatic rings. The molecule has 0 spiro atoms. The van der Waals surface area contributed by atoms with E-state index >= 15 is 0 Å². The summed E-state index contributed by atoms with van der Waals surface area (Å²) in [4.78, 5) is 1.09. The molecule has 0 unspecified atom stereocenters. The number of thioether (sulfide) groups is 1. The first-order valence-electron chi connectivity index (χ1n) is 2.36. The zero-order valence-electron chi connectivity index (χ0n) is 4.89. The van der Waals surface area contributed by atoms with Gasteiger partial charge in [-0.2, -0.15) is 0 Å². The molecule has 0 aliphatic heterocycles. The summed E-state index contributed by atoms with van der Waals surface area (Å²) in [5.41, 5.74) is 0. The fraction of sp³-hybridized carbons (Fsp3) is 0.333. The average molecular weight is 174 g/mol. The molecular formula is C3H4N5S2. The van der Waals surface area contributed by atoms with Gasteiger partial charge < -0.3 is 5.84 Å². The van der Waals surface area contributed by atoms with E-state index in [9.17, 15) is 0 Å². The Bertz CT molecular complexity index is 220. The highest BCUT2D eigenvalue weighted by Crippen LogP contribution is 2.08. The second kappa shape index (κ2) is 3.47. The van der Waals surface area contributed by atoms with Crippen LogP contribution in [0.3, 0.4) is 0 Å². The van der Waals surface area contributed by atoms with Crippen molar-refractivity contribution in [1.29, 1.82) is 0 Å². The lowest BCUT2D eigenvalue weighted by molar-refractivity contribution is 0.716. The lowest BCUT2D eigenvalue weighted by Gasteiger charge is -1.90. The number of nitrogen functional groups attached to an aromatic ring is 1. The summed E-state index contributed by atoms with van der Waals surface area (Å²) >= 11 is 5.82. The molecule has 0 aromatic carbocycles. The van der Waals surface area contributed by atoms with Crippen LogP contribution in [0.2, 0.25) is 0 Å². The molecule has 1 radical (unpaired) electrons. The maximum Gasteiger partial charge on any atom is 0.230 e. The van der Waals surface area contributed by atoms with Crippen molar-refractivity contribution in [3.63, 3.8) is 0 Å². The van der Waals surface area contributed by atoms with Gasteiger partial charge in [0, 0.05) is 11.1 Å². The Morgan fingerprint density at radius 1 is 1.80 bits per heavy atom. The van der Waals surface area contributed by atoms with Gasteiger partial charge in [-0.25, -0.2) is 0 Å². The lowest BCUT2D eigenvalue weighted by Crippen LogP contribution is -2.11. The summed E-state index contributed by atoms with van der Waals surface area (Å²) < 4.78 is 0. The maximum absolute atomic E-state index is 5.28. The number of hydrogen-bond acceptors (Lipinski definition) is 6. The van der Waals surface area contributed by atoms with Crippen LogP contribution >= 0.6 is 24.0 Å². The van der Waals surface area contributed by atoms with Crippen LogP contribution in [0.15, 0.2) is 5.16 Å². The normalized spacial score (nSPS) is 9.60. The molecule has 0 fully saturated rings. The highest BCUT2D eigenvalue weighted by Gasteiger charge is 2.00. The largest absolute Gasteiger partial charge is 0.319 e. The van der Waals surface area contributed by atoms with E-state index in [4.69, 9.17) is 5.84 Å². The third kappa shape index (κ3) is 1.64. The van der Waals surface area contributed by atoms with Crippen LogP contribution in [0.1, 0.15) is 0 Å². The quantitative estimate of drug-likeness (QED) is 0.373. The Kier molecular flexibility index (Phi) is 2.57. The standard InChI is InChI=1S/C3H4N5S2/c4-8-3(5-6-7-8)10-2-1-9/h2,4H2. The summed E-state index contributed by atoms with van der Waals surface area (Å²) in [7, 11) is 0. The van der Waals surface area contributed by atoms with E-state index in [1.54, 1.807) is 0 Å². The fourth-order valence-electron chi connectivity index (χ4n) is 0.374. The number of nitrogens with zero attached hydrogens (tertiary/aromatic N) is 4. The molecule has 53 valence electrons. The molecule has 0 saturated carbocycles. The minimum Gasteiger partial charge on any atom is -0.319 e. The number of aromatic nitrogens is 4. The molecule has 0 atom stereocenters. The lowest BCUT2D eigenvalue weighted by atomic mass is 11.0. The van der Waals surface area contributed by atoms with Crippen molar-refractivity contribution in [2.45, 2.75) is 5.16 Å². The second-order valence-corrected chi connectivity index (χ2v) is 2.57. The Balaban J connectivity index is 2.56. The average Bonchev–Trinajstić information content (AvgIpc) is 2.31. The molecule has 0 bridgehead atoms. The van der Waals surface area contributed by atoms with Crippen molar-refractivity contribution < 1.29 is 0 Å². The van der Waals surface area contributed by atoms with E-state index in [0.717, 1.165) is 4.79 Å². The Hall–Kier alpha value is -0.690. The van der Waals surface area contributed by atoms with Gasteiger partial charge in [0.15, 0.2) is 0 Å². The number of rotatable bonds is 3. The fourth-order valence-corrected chi connectivity index (χ4v) is 1.00. The van der Waals surface area contributed by atoms with Gasteiger partial charge in [0.2, 0.25) is 5.16 Å². The molecule has 0 aliphatic carbocycles. The molecule has 1 rings (SSSR count). The van der Waals surface area contributed by atoms with Crippen molar-refractivity contribution in [3.05, 3.63) is 0 Å². The van der Waals surface area contributed by atoms with Gasteiger partial charge in [0.05, 0.1) is 0 Å². The number of thiocarbonyl (C=S) groups is 1. The second-order valence-electron chi connectivity index (χ2n) is 1.34. The summed E-state index contributed by atoms with van der Waals surface area (Å²) in [6.07, 6.45) is 0. The van der Waals surface area contributed by atoms with E-state index in [-0.39, 0.29) is 0 Å². The highest BCUT2D eigenvalue weighted by atomic mass is 32.2. The SMILES string of the molecule is Nn1nnnc1SC[C]=S. The van der Waals surface area contributed by atoms with Gasteiger partial charge >= 0.3 is 0 Å². The third-order valence-electron chi connectivity index (χ3n) is 0.723. The van der Waals surface area contributed by atoms with Crippen LogP contribution in [0, 0.1) is 0 Å². The topological polar surface area (TPSA) is 69.6 Å². The van der Waals surface area contributed by atoms with Gasteiger partial charge in [-0.15, -0.1) is 4.79 Å². The van der Waals surface area contributed by atoms with Crippen molar-refractivity contribution in [1.82, 2.24) is 20.3 Å². The summed E-state index contributed by atoms with van der Waals surface area (Å²) in [6.45, 7) is 0. The smallest absolute Gasteiger partial charge is 0.230 e. The van der Waals surface area contributed by atoms with Gasteiger partial charge in [-0.1, -0.05) is 29.1 Å². The molecule has 0 amide bonds. The first-order chi connectivity index (χ1) is 4.84. The van der Waals surface area contributed by atoms with Crippen LogP contribution < -0.4 is 5.84 Å². The first kappa shape index (κ1) is 7.42. The van der Waals surface area contributed by atoms with Crippen molar-refractivity contribution >= 4 is 29.3 Å². The molecule has 5 nitrogen and oxygen atoms in total. The van der Waals surface area contributed by atoms with Gasteiger partial charge in [-0.3, -0.25) is 0 Å². The number of nitrogens with two attached hydrogens (primary N) is 1. The van der Waals surface area contributed by atoms with E-state index in [1.165, 1.54) is 11.8 Å². The Morgan fingerprint density at radius 2 is 2.60 bits per heavy atom. The van der Waals surface area contributed by atoms with Crippen molar-refractivity contribution in [2.24, 2.45) is 0 Å². The van der Waals surface area contributed by atoms with Gasteiger partial charge in [0.1, 0.15) is 0 Å². The predicted molar refractivity (Wildman–Crippen MR) is 41.3 cm³/mol. The molecule has 10 heavy (non-hydrogen) atoms. The zero-order valence-corrected chi connectivity index (χ0v) is 6.52. The van der Waals surface area contributed by atoms with Crippen LogP contribution in [0.4, 0.5) is 0 Å². The van der Waals surface area contributed by atoms with E-state index < -0.39 is 0 Å². The summed E-state index contributed by atoms with van der Waals surface area (Å²) in [5.74, 6) is 5.84. The summed E-state index contributed by atoms with van der Waals surface area (Å²) in [6, 6.07) is 0. The molecule has 0 saturated heterocycles. The molecule has 1 aromatic heterocycles.